The number of amides is 1. The molecular weight excluding hydrogens is 295 g/mol. The molecule has 0 aliphatic carbocycles. The van der Waals surface area contributed by atoms with E-state index in [2.05, 4.69) is 4.74 Å². The van der Waals surface area contributed by atoms with Gasteiger partial charge in [0.1, 0.15) is 0 Å². The van der Waals surface area contributed by atoms with Crippen LogP contribution >= 0.6 is 22.6 Å². The summed E-state index contributed by atoms with van der Waals surface area (Å²) < 4.78 is 27.4. The Morgan fingerprint density at radius 1 is 1.38 bits per heavy atom. The molecule has 0 unspecified atom stereocenters. The van der Waals surface area contributed by atoms with Crippen molar-refractivity contribution in [2.45, 2.75) is 13.8 Å². The van der Waals surface area contributed by atoms with Gasteiger partial charge in [-0.3, -0.25) is 0 Å². The lowest BCUT2D eigenvalue weighted by Gasteiger charge is -2.16. The van der Waals surface area contributed by atoms with Crippen molar-refractivity contribution in [3.05, 3.63) is 9.85 Å². The Morgan fingerprint density at radius 2 is 1.85 bits per heavy atom. The van der Waals surface area contributed by atoms with Crippen LogP contribution in [0.25, 0.3) is 0 Å². The van der Waals surface area contributed by atoms with Gasteiger partial charge in [-0.15, -0.1) is 0 Å². The second-order valence-electron chi connectivity index (χ2n) is 2.07. The molecule has 0 atom stereocenters. The zero-order valence-corrected chi connectivity index (χ0v) is 9.47. The molecule has 0 bridgehead atoms. The zero-order valence-electron chi connectivity index (χ0n) is 7.31. The predicted molar refractivity (Wildman–Crippen MR) is 52.7 cm³/mol. The van der Waals surface area contributed by atoms with Gasteiger partial charge in [0.25, 0.3) is 0 Å². The number of halogens is 3. The van der Waals surface area contributed by atoms with Crippen molar-refractivity contribution in [2.75, 3.05) is 13.1 Å². The van der Waals surface area contributed by atoms with Crippen LogP contribution in [-0.4, -0.2) is 24.1 Å². The van der Waals surface area contributed by atoms with E-state index < -0.39 is 15.9 Å². The lowest BCUT2D eigenvalue weighted by Crippen LogP contribution is -2.30. The molecule has 76 valence electrons. The monoisotopic (exact) mass is 305 g/mol. The largest absolute Gasteiger partial charge is 0.415 e. The number of carbonyl (C=O) groups excluding carboxylic acids is 1. The summed E-state index contributed by atoms with van der Waals surface area (Å²) in [6.07, 6.45) is -2.73. The van der Waals surface area contributed by atoms with Crippen LogP contribution < -0.4 is 0 Å². The Bertz CT molecular complexity index is 213. The lowest BCUT2D eigenvalue weighted by atomic mass is 10.6. The fourth-order valence-corrected chi connectivity index (χ4v) is 0.850. The molecule has 0 radical (unpaired) electrons. The molecule has 0 N–H and O–H groups in total. The normalized spacial score (nSPS) is 9.31. The highest BCUT2D eigenvalue weighted by molar-refractivity contribution is 14.1. The van der Waals surface area contributed by atoms with E-state index in [1.165, 1.54) is 27.5 Å². The number of nitrogens with zero attached hydrogens (tertiary/aromatic N) is 1. The Hall–Kier alpha value is -0.400. The number of ether oxygens (including phenoxy) is 1. The second kappa shape index (κ2) is 6.11. The van der Waals surface area contributed by atoms with Crippen molar-refractivity contribution in [3.8, 4) is 0 Å². The van der Waals surface area contributed by atoms with Crippen LogP contribution in [0.15, 0.2) is 9.85 Å². The van der Waals surface area contributed by atoms with E-state index >= 15 is 0 Å². The molecule has 3 nitrogen and oxygen atoms in total. The smallest absolute Gasteiger partial charge is 0.398 e. The Morgan fingerprint density at radius 3 is 2.15 bits per heavy atom. The first kappa shape index (κ1) is 12.6. The molecule has 0 saturated heterocycles. The molecule has 0 aromatic heterocycles. The van der Waals surface area contributed by atoms with Gasteiger partial charge in [0.15, 0.2) is 0 Å². The summed E-state index contributed by atoms with van der Waals surface area (Å²) in [5.41, 5.74) is 0. The minimum atomic E-state index is -1.99. The fourth-order valence-electron chi connectivity index (χ4n) is 0.662. The zero-order chi connectivity index (χ0) is 10.4. The van der Waals surface area contributed by atoms with Crippen LogP contribution in [0.5, 0.6) is 0 Å². The van der Waals surface area contributed by atoms with Crippen molar-refractivity contribution < 1.29 is 18.3 Å². The first-order chi connectivity index (χ1) is 6.02. The summed E-state index contributed by atoms with van der Waals surface area (Å²) in [4.78, 5) is 12.4. The first-order valence-corrected chi connectivity index (χ1v) is 4.78. The second-order valence-corrected chi connectivity index (χ2v) is 3.05. The van der Waals surface area contributed by atoms with Gasteiger partial charge in [-0.05, 0) is 13.8 Å². The molecule has 0 aromatic rings. The Balaban J connectivity index is 4.22. The van der Waals surface area contributed by atoms with Crippen LogP contribution in [0, 0.1) is 0 Å². The summed E-state index contributed by atoms with van der Waals surface area (Å²) in [6.45, 7) is 4.36. The summed E-state index contributed by atoms with van der Waals surface area (Å²) in [7, 11) is 0. The third-order valence-corrected chi connectivity index (χ3v) is 1.98. The molecule has 6 heteroatoms. The maximum absolute atomic E-state index is 11.8. The topological polar surface area (TPSA) is 29.5 Å². The van der Waals surface area contributed by atoms with Crippen LogP contribution in [0.1, 0.15) is 13.8 Å². The summed E-state index contributed by atoms with van der Waals surface area (Å²) in [5.74, 6) is 0. The minimum absolute atomic E-state index is 0.438. The minimum Gasteiger partial charge on any atom is -0.398 e. The highest BCUT2D eigenvalue weighted by atomic mass is 127. The molecule has 0 fully saturated rings. The predicted octanol–water partition coefficient (Wildman–Crippen LogP) is 2.97. The third kappa shape index (κ3) is 4.39. The molecule has 0 aromatic carbocycles. The highest BCUT2D eigenvalue weighted by Gasteiger charge is 2.14. The molecule has 0 rings (SSSR count). The number of hydrogen-bond acceptors (Lipinski definition) is 2. The molecule has 13 heavy (non-hydrogen) atoms. The quantitative estimate of drug-likeness (QED) is 0.592. The lowest BCUT2D eigenvalue weighted by molar-refractivity contribution is 0.136. The summed E-state index contributed by atoms with van der Waals surface area (Å²) >= 11 is 1.27. The van der Waals surface area contributed by atoms with Crippen molar-refractivity contribution in [1.29, 1.82) is 0 Å². The average molecular weight is 305 g/mol. The molecular formula is C7H10F2INO2. The summed E-state index contributed by atoms with van der Waals surface area (Å²) in [6, 6.07) is 0. The fraction of sp³-hybridized carbons (Fsp3) is 0.571. The van der Waals surface area contributed by atoms with Gasteiger partial charge in [-0.25, -0.2) is 4.79 Å². The van der Waals surface area contributed by atoms with Gasteiger partial charge in [0.2, 0.25) is 3.77 Å². The Kier molecular flexibility index (Phi) is 5.93. The number of hydrogen-bond donors (Lipinski definition) is 0. The maximum Gasteiger partial charge on any atom is 0.415 e. The van der Waals surface area contributed by atoms with Crippen molar-refractivity contribution in [1.82, 2.24) is 4.90 Å². The van der Waals surface area contributed by atoms with Crippen molar-refractivity contribution >= 4 is 28.7 Å². The highest BCUT2D eigenvalue weighted by Crippen LogP contribution is 2.17. The molecule has 0 saturated carbocycles. The van der Waals surface area contributed by atoms with E-state index in [1.54, 1.807) is 13.8 Å². The van der Waals surface area contributed by atoms with Crippen LogP contribution in [0.3, 0.4) is 0 Å². The number of carbonyl (C=O) groups is 1. The van der Waals surface area contributed by atoms with Crippen LogP contribution in [0.4, 0.5) is 13.6 Å². The van der Waals surface area contributed by atoms with Crippen molar-refractivity contribution in [3.63, 3.8) is 0 Å². The van der Waals surface area contributed by atoms with Gasteiger partial charge < -0.3 is 9.64 Å². The first-order valence-electron chi connectivity index (χ1n) is 3.70. The standard InChI is InChI=1S/C7H10F2INO2/c1-3-11(4-2)7(12)13-6(10)5(8)9/h3-4H2,1-2H3. The van der Waals surface area contributed by atoms with E-state index in [0.29, 0.717) is 13.1 Å². The van der Waals surface area contributed by atoms with Crippen molar-refractivity contribution in [2.24, 2.45) is 0 Å². The van der Waals surface area contributed by atoms with Crippen LogP contribution in [-0.2, 0) is 4.74 Å². The maximum atomic E-state index is 11.8. The molecule has 0 aliphatic heterocycles. The molecule has 0 spiro atoms. The molecule has 0 heterocycles. The SMILES string of the molecule is CCN(CC)C(=O)OC(I)=C(F)F. The van der Waals surface area contributed by atoms with Gasteiger partial charge in [-0.1, -0.05) is 0 Å². The molecule has 1 amide bonds. The average Bonchev–Trinajstić information content (AvgIpc) is 2.06. The van der Waals surface area contributed by atoms with Gasteiger partial charge >= 0.3 is 12.2 Å². The Labute approximate surface area is 88.9 Å². The van der Waals surface area contributed by atoms with Gasteiger partial charge in [0.05, 0.1) is 0 Å². The van der Waals surface area contributed by atoms with Crippen LogP contribution in [0.2, 0.25) is 0 Å². The third-order valence-electron chi connectivity index (χ3n) is 1.35. The molecule has 0 aliphatic rings. The van der Waals surface area contributed by atoms with E-state index in [4.69, 9.17) is 0 Å². The van der Waals surface area contributed by atoms with E-state index in [0.717, 1.165) is 0 Å². The van der Waals surface area contributed by atoms with E-state index in [9.17, 15) is 13.6 Å². The number of rotatable bonds is 3. The van der Waals surface area contributed by atoms with E-state index in [-0.39, 0.29) is 0 Å². The van der Waals surface area contributed by atoms with Gasteiger partial charge in [-0.2, -0.15) is 8.78 Å². The van der Waals surface area contributed by atoms with E-state index in [1.807, 2.05) is 0 Å². The van der Waals surface area contributed by atoms with Gasteiger partial charge in [0, 0.05) is 35.7 Å². The summed E-state index contributed by atoms with van der Waals surface area (Å²) in [5, 5.41) is 0.